The van der Waals surface area contributed by atoms with E-state index in [0.717, 1.165) is 0 Å². The molecule has 0 spiro atoms. The van der Waals surface area contributed by atoms with Crippen molar-refractivity contribution >= 4 is 0 Å². The van der Waals surface area contributed by atoms with Gasteiger partial charge < -0.3 is 21.9 Å². The average molecular weight is 188 g/mol. The van der Waals surface area contributed by atoms with E-state index in [1.807, 2.05) is 0 Å². The summed E-state index contributed by atoms with van der Waals surface area (Å²) in [6.45, 7) is 0. The third kappa shape index (κ3) is 10500. The first-order valence-corrected chi connectivity index (χ1v) is 1.48. The molecular formula is H8F3NiO4. The Bertz CT molecular complexity index is 16.0. The summed E-state index contributed by atoms with van der Waals surface area (Å²) >= 11 is -3.96. The normalized spacial score (nSPS) is 5.62. The van der Waals surface area contributed by atoms with Gasteiger partial charge in [-0.1, -0.05) is 0 Å². The number of rotatable bonds is 0. The van der Waals surface area contributed by atoms with Crippen molar-refractivity contribution in [2.45, 2.75) is 0 Å². The van der Waals surface area contributed by atoms with E-state index in [2.05, 4.69) is 0 Å². The van der Waals surface area contributed by atoms with E-state index in [1.54, 1.807) is 0 Å². The van der Waals surface area contributed by atoms with E-state index in [1.165, 1.54) is 0 Å². The Morgan fingerprint density at radius 1 is 0.625 bits per heavy atom. The number of hydrogen-bond acceptors (Lipinski definition) is 0. The van der Waals surface area contributed by atoms with Gasteiger partial charge in [-0.3, -0.25) is 0 Å². The number of hydrogen-bond donors (Lipinski definition) is 0. The molecule has 0 saturated heterocycles. The Labute approximate surface area is 48.5 Å². The summed E-state index contributed by atoms with van der Waals surface area (Å²) in [6.07, 6.45) is 0. The second-order valence-corrected chi connectivity index (χ2v) is 0.559. The van der Waals surface area contributed by atoms with Crippen molar-refractivity contribution in [2.24, 2.45) is 0 Å². The van der Waals surface area contributed by atoms with Gasteiger partial charge in [-0.15, -0.1) is 0 Å². The van der Waals surface area contributed by atoms with Crippen LogP contribution in [0.5, 0.6) is 0 Å². The van der Waals surface area contributed by atoms with Crippen molar-refractivity contribution in [1.82, 2.24) is 0 Å². The molecule has 0 aliphatic carbocycles. The average Bonchev–Trinajstić information content (AvgIpc) is 0.811. The van der Waals surface area contributed by atoms with Crippen LogP contribution in [-0.2, 0) is 14.7 Å². The van der Waals surface area contributed by atoms with Crippen molar-refractivity contribution < 1.29 is 47.5 Å². The zero-order valence-electron chi connectivity index (χ0n) is 3.45. The van der Waals surface area contributed by atoms with Crippen molar-refractivity contribution in [1.29, 1.82) is 0 Å². The van der Waals surface area contributed by atoms with E-state index >= 15 is 0 Å². The van der Waals surface area contributed by atoms with Gasteiger partial charge in [-0.25, -0.2) is 0 Å². The molecule has 0 aliphatic rings. The Morgan fingerprint density at radius 3 is 0.625 bits per heavy atom. The fraction of sp³-hybridized carbons (Fsp3) is 0. The summed E-state index contributed by atoms with van der Waals surface area (Å²) in [6, 6.07) is 0. The fourth-order valence-corrected chi connectivity index (χ4v) is 0. The minimum absolute atomic E-state index is 0. The van der Waals surface area contributed by atoms with E-state index in [0.29, 0.717) is 0 Å². The topological polar surface area (TPSA) is 126 Å². The van der Waals surface area contributed by atoms with Gasteiger partial charge in [0.2, 0.25) is 0 Å². The molecule has 63 valence electrons. The Hall–Kier alpha value is 0.124. The first-order valence-electron chi connectivity index (χ1n) is 0.359. The van der Waals surface area contributed by atoms with Gasteiger partial charge in [-0.05, 0) is 0 Å². The third-order valence-corrected chi connectivity index (χ3v) is 0. The van der Waals surface area contributed by atoms with Gasteiger partial charge >= 0.3 is 25.6 Å². The van der Waals surface area contributed by atoms with Crippen LogP contribution in [0.4, 0.5) is 10.8 Å². The van der Waals surface area contributed by atoms with Crippen LogP contribution in [0.1, 0.15) is 0 Å². The first-order chi connectivity index (χ1) is 1.73. The predicted molar refractivity (Wildman–Crippen MR) is 17.8 cm³/mol. The molecule has 0 aromatic rings. The molecule has 0 aliphatic heterocycles. The summed E-state index contributed by atoms with van der Waals surface area (Å²) in [5.74, 6) is 0. The molecular weight excluding hydrogens is 180 g/mol. The van der Waals surface area contributed by atoms with Crippen molar-refractivity contribution in [3.63, 3.8) is 0 Å². The van der Waals surface area contributed by atoms with E-state index in [4.69, 9.17) is 0 Å². The maximum absolute atomic E-state index is 9.71. The van der Waals surface area contributed by atoms with Crippen LogP contribution < -0.4 is 0 Å². The number of halogens is 3. The van der Waals surface area contributed by atoms with E-state index in [9.17, 15) is 10.8 Å². The van der Waals surface area contributed by atoms with Gasteiger partial charge in [0.25, 0.3) is 0 Å². The van der Waals surface area contributed by atoms with Gasteiger partial charge in [0.05, 0.1) is 0 Å². The van der Waals surface area contributed by atoms with Crippen LogP contribution in [0, 0.1) is 0 Å². The fourth-order valence-electron chi connectivity index (χ4n) is 0. The Kier molecular flexibility index (Phi) is 145. The molecule has 0 aromatic carbocycles. The molecule has 0 bridgehead atoms. The van der Waals surface area contributed by atoms with Crippen LogP contribution in [-0.4, -0.2) is 21.9 Å². The molecule has 0 heterocycles. The zero-order valence-corrected chi connectivity index (χ0v) is 4.44. The van der Waals surface area contributed by atoms with Crippen molar-refractivity contribution in [2.75, 3.05) is 0 Å². The molecule has 8 N–H and O–H groups in total. The molecule has 0 fully saturated rings. The van der Waals surface area contributed by atoms with Crippen LogP contribution in [0.2, 0.25) is 0 Å². The van der Waals surface area contributed by atoms with Crippen LogP contribution in [0.3, 0.4) is 0 Å². The molecule has 0 atom stereocenters. The second kappa shape index (κ2) is 27.4. The summed E-state index contributed by atoms with van der Waals surface area (Å²) in [7, 11) is 0. The zero-order chi connectivity index (χ0) is 3.58. The van der Waals surface area contributed by atoms with E-state index in [-0.39, 0.29) is 21.9 Å². The van der Waals surface area contributed by atoms with Crippen LogP contribution in [0.25, 0.3) is 0 Å². The monoisotopic (exact) mass is 187 g/mol. The predicted octanol–water partition coefficient (Wildman–Crippen LogP) is -2.04. The van der Waals surface area contributed by atoms with Gasteiger partial charge in [-0.2, -0.15) is 0 Å². The molecule has 8 heavy (non-hydrogen) atoms. The van der Waals surface area contributed by atoms with Crippen LogP contribution >= 0.6 is 0 Å². The Morgan fingerprint density at radius 2 is 0.625 bits per heavy atom. The van der Waals surface area contributed by atoms with Crippen LogP contribution in [0.15, 0.2) is 0 Å². The molecule has 0 rings (SSSR count). The van der Waals surface area contributed by atoms with Crippen molar-refractivity contribution in [3.05, 3.63) is 0 Å². The molecule has 8 heteroatoms. The Balaban J connectivity index is -0.00000000750. The molecule has 0 saturated carbocycles. The molecule has 4 nitrogen and oxygen atoms in total. The van der Waals surface area contributed by atoms with Crippen molar-refractivity contribution in [3.8, 4) is 0 Å². The quantitative estimate of drug-likeness (QED) is 0.388. The maximum atomic E-state index is 9.71. The molecule has 0 amide bonds. The minimum atomic E-state index is -3.96. The molecule has 0 unspecified atom stereocenters. The van der Waals surface area contributed by atoms with Gasteiger partial charge in [0.1, 0.15) is 0 Å². The summed E-state index contributed by atoms with van der Waals surface area (Å²) in [4.78, 5) is 0. The van der Waals surface area contributed by atoms with Gasteiger partial charge in [0, 0.05) is 0 Å². The standard InChI is InChI=1S/3FH.Ni.4H2O/h3*1H;;4*1H2/q;;;+3;;;;/p-3. The molecule has 0 aromatic heterocycles. The second-order valence-electron chi connectivity index (χ2n) is 0.136. The SMILES string of the molecule is O.O.O.O.[F][Ni]([F])[F]. The summed E-state index contributed by atoms with van der Waals surface area (Å²) < 4.78 is 29.1. The third-order valence-electron chi connectivity index (χ3n) is 0. The molecule has 0 radical (unpaired) electrons. The summed E-state index contributed by atoms with van der Waals surface area (Å²) in [5.41, 5.74) is 0. The van der Waals surface area contributed by atoms with E-state index < -0.39 is 14.7 Å². The first kappa shape index (κ1) is 42.3. The van der Waals surface area contributed by atoms with Gasteiger partial charge in [0.15, 0.2) is 0 Å². The summed E-state index contributed by atoms with van der Waals surface area (Å²) in [5, 5.41) is 0.